The smallest absolute Gasteiger partial charge is 0.264 e. The Morgan fingerprint density at radius 3 is 2.35 bits per heavy atom. The quantitative estimate of drug-likeness (QED) is 0.664. The first-order chi connectivity index (χ1) is 12.7. The molecule has 8 heteroatoms. The average molecular weight is 364 g/mol. The highest BCUT2D eigenvalue weighted by Crippen LogP contribution is 2.21. The van der Waals surface area contributed by atoms with Crippen molar-refractivity contribution in [1.82, 2.24) is 4.90 Å². The van der Waals surface area contributed by atoms with Crippen LogP contribution in [-0.2, 0) is 0 Å². The summed E-state index contributed by atoms with van der Waals surface area (Å²) in [6.07, 6.45) is 0. The van der Waals surface area contributed by atoms with E-state index >= 15 is 0 Å². The van der Waals surface area contributed by atoms with E-state index in [1.54, 1.807) is 12.1 Å². The van der Waals surface area contributed by atoms with Crippen molar-refractivity contribution in [3.8, 4) is 12.1 Å². The highest BCUT2D eigenvalue weighted by molar-refractivity contribution is 7.12. The molecule has 1 fully saturated rings. The van der Waals surface area contributed by atoms with Gasteiger partial charge in [-0.3, -0.25) is 10.2 Å². The van der Waals surface area contributed by atoms with Crippen molar-refractivity contribution < 1.29 is 4.79 Å². The molecule has 2 heterocycles. The number of piperazine rings is 1. The van der Waals surface area contributed by atoms with Gasteiger partial charge in [-0.2, -0.15) is 15.6 Å². The average Bonchev–Trinajstić information content (AvgIpc) is 3.24. The standard InChI is InChI=1S/C18H16N6OS/c19-12-15(13-20)22-21-14-3-5-16(6-4-14)23-7-9-24(10-8-23)18(25)17-2-1-11-26-17/h1-6,11,21H,7-10H2. The van der Waals surface area contributed by atoms with Crippen LogP contribution in [0.2, 0.25) is 0 Å². The fourth-order valence-electron chi connectivity index (χ4n) is 2.67. The summed E-state index contributed by atoms with van der Waals surface area (Å²) in [7, 11) is 0. The van der Waals surface area contributed by atoms with Crippen molar-refractivity contribution in [1.29, 1.82) is 10.5 Å². The van der Waals surface area contributed by atoms with E-state index in [4.69, 9.17) is 10.5 Å². The second kappa shape index (κ2) is 8.15. The molecule has 0 radical (unpaired) electrons. The van der Waals surface area contributed by atoms with Crippen molar-refractivity contribution >= 4 is 34.3 Å². The maximum atomic E-state index is 12.4. The second-order valence-electron chi connectivity index (χ2n) is 5.60. The van der Waals surface area contributed by atoms with Crippen LogP contribution in [0.3, 0.4) is 0 Å². The van der Waals surface area contributed by atoms with E-state index in [0.717, 1.165) is 23.7 Å². The molecule has 3 rings (SSSR count). The van der Waals surface area contributed by atoms with Crippen LogP contribution >= 0.6 is 11.3 Å². The van der Waals surface area contributed by atoms with Gasteiger partial charge >= 0.3 is 0 Å². The van der Waals surface area contributed by atoms with Crippen LogP contribution in [0.4, 0.5) is 11.4 Å². The van der Waals surface area contributed by atoms with E-state index in [-0.39, 0.29) is 11.6 Å². The van der Waals surface area contributed by atoms with Gasteiger partial charge in [-0.25, -0.2) is 0 Å². The molecule has 1 aliphatic heterocycles. The molecule has 7 nitrogen and oxygen atoms in total. The van der Waals surface area contributed by atoms with Gasteiger partial charge in [0.05, 0.1) is 10.6 Å². The van der Waals surface area contributed by atoms with E-state index in [1.807, 2.05) is 46.7 Å². The van der Waals surface area contributed by atoms with Crippen LogP contribution in [0.25, 0.3) is 0 Å². The highest BCUT2D eigenvalue weighted by atomic mass is 32.1. The number of carbonyl (C=O) groups is 1. The Kier molecular flexibility index (Phi) is 5.47. The summed E-state index contributed by atoms with van der Waals surface area (Å²) < 4.78 is 0. The molecule has 26 heavy (non-hydrogen) atoms. The van der Waals surface area contributed by atoms with Crippen LogP contribution < -0.4 is 10.3 Å². The minimum atomic E-state index is -0.222. The summed E-state index contributed by atoms with van der Waals surface area (Å²) in [5, 5.41) is 23.0. The summed E-state index contributed by atoms with van der Waals surface area (Å²) in [5.41, 5.74) is 4.22. The molecule has 1 saturated heterocycles. The van der Waals surface area contributed by atoms with Gasteiger partial charge < -0.3 is 9.80 Å². The maximum Gasteiger partial charge on any atom is 0.264 e. The van der Waals surface area contributed by atoms with Gasteiger partial charge in [0.1, 0.15) is 12.1 Å². The fraction of sp³-hybridized carbons (Fsp3) is 0.222. The molecule has 0 aliphatic carbocycles. The second-order valence-corrected chi connectivity index (χ2v) is 6.55. The SMILES string of the molecule is N#CC(C#N)=NNc1ccc(N2CCN(C(=O)c3cccs3)CC2)cc1. The van der Waals surface area contributed by atoms with Gasteiger partial charge in [-0.15, -0.1) is 11.3 Å². The van der Waals surface area contributed by atoms with Crippen LogP contribution in [0, 0.1) is 22.7 Å². The number of carbonyl (C=O) groups excluding carboxylic acids is 1. The summed E-state index contributed by atoms with van der Waals surface area (Å²) >= 11 is 1.47. The maximum absolute atomic E-state index is 12.4. The molecule has 1 amide bonds. The minimum Gasteiger partial charge on any atom is -0.368 e. The lowest BCUT2D eigenvalue weighted by Gasteiger charge is -2.36. The van der Waals surface area contributed by atoms with Crippen molar-refractivity contribution in [3.05, 3.63) is 46.7 Å². The lowest BCUT2D eigenvalue weighted by atomic mass is 10.2. The first-order valence-electron chi connectivity index (χ1n) is 8.03. The molecule has 0 spiro atoms. The Labute approximate surface area is 155 Å². The van der Waals surface area contributed by atoms with Gasteiger partial charge in [-0.05, 0) is 35.7 Å². The third-order valence-electron chi connectivity index (χ3n) is 4.04. The summed E-state index contributed by atoms with van der Waals surface area (Å²) in [4.78, 5) is 17.3. The van der Waals surface area contributed by atoms with Crippen LogP contribution in [0.5, 0.6) is 0 Å². The van der Waals surface area contributed by atoms with Gasteiger partial charge in [0.25, 0.3) is 5.91 Å². The lowest BCUT2D eigenvalue weighted by molar-refractivity contribution is 0.0751. The molecule has 1 aromatic carbocycles. The lowest BCUT2D eigenvalue weighted by Crippen LogP contribution is -2.48. The molecule has 0 atom stereocenters. The zero-order valence-corrected chi connectivity index (χ0v) is 14.7. The molecule has 2 aromatic rings. The fourth-order valence-corrected chi connectivity index (χ4v) is 3.36. The van der Waals surface area contributed by atoms with Crippen molar-refractivity contribution in [3.63, 3.8) is 0 Å². The molecule has 1 aliphatic rings. The van der Waals surface area contributed by atoms with Crippen LogP contribution in [-0.4, -0.2) is 42.7 Å². The minimum absolute atomic E-state index is 0.0999. The van der Waals surface area contributed by atoms with Gasteiger partial charge in [-0.1, -0.05) is 6.07 Å². The zero-order valence-electron chi connectivity index (χ0n) is 13.9. The van der Waals surface area contributed by atoms with Gasteiger partial charge in [0.2, 0.25) is 5.71 Å². The number of nitrogens with zero attached hydrogens (tertiary/aromatic N) is 5. The topological polar surface area (TPSA) is 95.5 Å². The van der Waals surface area contributed by atoms with Crippen molar-refractivity contribution in [2.75, 3.05) is 36.5 Å². The summed E-state index contributed by atoms with van der Waals surface area (Å²) in [6.45, 7) is 2.92. The van der Waals surface area contributed by atoms with E-state index in [2.05, 4.69) is 15.4 Å². The van der Waals surface area contributed by atoms with Gasteiger partial charge in [0, 0.05) is 31.9 Å². The van der Waals surface area contributed by atoms with E-state index in [0.29, 0.717) is 18.8 Å². The Bertz CT molecular complexity index is 852. The molecule has 0 saturated carbocycles. The Balaban J connectivity index is 1.56. The first-order valence-corrected chi connectivity index (χ1v) is 8.91. The number of thiophene rings is 1. The van der Waals surface area contributed by atoms with E-state index < -0.39 is 0 Å². The molecule has 0 unspecified atom stereocenters. The number of nitrogens with one attached hydrogen (secondary N) is 1. The zero-order chi connectivity index (χ0) is 18.4. The Hall–Kier alpha value is -3.36. The summed E-state index contributed by atoms with van der Waals surface area (Å²) in [6, 6.07) is 14.7. The largest absolute Gasteiger partial charge is 0.368 e. The van der Waals surface area contributed by atoms with Crippen molar-refractivity contribution in [2.24, 2.45) is 5.10 Å². The number of hydrogen-bond acceptors (Lipinski definition) is 7. The van der Waals surface area contributed by atoms with E-state index in [9.17, 15) is 4.79 Å². The monoisotopic (exact) mass is 364 g/mol. The van der Waals surface area contributed by atoms with Gasteiger partial charge in [0.15, 0.2) is 0 Å². The predicted octanol–water partition coefficient (Wildman–Crippen LogP) is 2.53. The highest BCUT2D eigenvalue weighted by Gasteiger charge is 2.22. The number of hydrazone groups is 1. The molecule has 1 N–H and O–H groups in total. The number of anilines is 2. The molecule has 0 bridgehead atoms. The molecular weight excluding hydrogens is 348 g/mol. The first kappa shape index (κ1) is 17.5. The van der Waals surface area contributed by atoms with Crippen LogP contribution in [0.15, 0.2) is 46.9 Å². The van der Waals surface area contributed by atoms with Crippen LogP contribution in [0.1, 0.15) is 9.67 Å². The number of nitriles is 2. The Morgan fingerprint density at radius 2 is 1.77 bits per heavy atom. The molecule has 130 valence electrons. The Morgan fingerprint density at radius 1 is 1.08 bits per heavy atom. The molecular formula is C18H16N6OS. The third kappa shape index (κ3) is 4.00. The molecule has 1 aromatic heterocycles. The summed E-state index contributed by atoms with van der Waals surface area (Å²) in [5.74, 6) is 0.0999. The number of rotatable bonds is 4. The van der Waals surface area contributed by atoms with E-state index in [1.165, 1.54) is 11.3 Å². The number of hydrogen-bond donors (Lipinski definition) is 1. The van der Waals surface area contributed by atoms with Crippen molar-refractivity contribution in [2.45, 2.75) is 0 Å². The number of benzene rings is 1. The normalized spacial score (nSPS) is 13.5. The third-order valence-corrected chi connectivity index (χ3v) is 4.90. The number of amides is 1. The predicted molar refractivity (Wildman–Crippen MR) is 101 cm³/mol.